The summed E-state index contributed by atoms with van der Waals surface area (Å²) in [5, 5.41) is 3.81. The molecule has 1 heterocycles. The van der Waals surface area contributed by atoms with Crippen LogP contribution in [-0.2, 0) is 0 Å². The van der Waals surface area contributed by atoms with Gasteiger partial charge in [0, 0.05) is 22.3 Å². The normalized spacial score (nSPS) is 22.4. The molecule has 0 bridgehead atoms. The lowest BCUT2D eigenvalue weighted by Crippen LogP contribution is -2.36. The van der Waals surface area contributed by atoms with Crippen molar-refractivity contribution in [1.29, 1.82) is 0 Å². The zero-order valence-corrected chi connectivity index (χ0v) is 12.7. The van der Waals surface area contributed by atoms with Gasteiger partial charge in [0.25, 0.3) is 0 Å². The van der Waals surface area contributed by atoms with Gasteiger partial charge in [0.1, 0.15) is 0 Å². The smallest absolute Gasteiger partial charge is 0.0320 e. The molecule has 3 heteroatoms. The third kappa shape index (κ3) is 4.01. The van der Waals surface area contributed by atoms with Crippen molar-refractivity contribution in [1.82, 2.24) is 5.32 Å². The van der Waals surface area contributed by atoms with Crippen molar-refractivity contribution in [3.63, 3.8) is 0 Å². The average Bonchev–Trinajstić information content (AvgIpc) is 2.38. The predicted molar refractivity (Wildman–Crippen MR) is 80.7 cm³/mol. The summed E-state index contributed by atoms with van der Waals surface area (Å²) in [4.78, 5) is 0. The predicted octanol–water partition coefficient (Wildman–Crippen LogP) is 4.39. The van der Waals surface area contributed by atoms with Crippen LogP contribution in [0.3, 0.4) is 0 Å². The topological polar surface area (TPSA) is 12.0 Å². The summed E-state index contributed by atoms with van der Waals surface area (Å²) in [5.41, 5.74) is 1.41. The van der Waals surface area contributed by atoms with Gasteiger partial charge in [0.2, 0.25) is 0 Å². The number of benzene rings is 1. The Hall–Kier alpha value is 0.01000. The molecule has 0 aliphatic carbocycles. The summed E-state index contributed by atoms with van der Waals surface area (Å²) in [6.45, 7) is 2.26. The van der Waals surface area contributed by atoms with Gasteiger partial charge in [-0.15, -0.1) is 0 Å². The molecule has 1 aliphatic rings. The number of hydrogen-bond donors (Lipinski definition) is 1. The van der Waals surface area contributed by atoms with E-state index in [1.165, 1.54) is 29.9 Å². The van der Waals surface area contributed by atoms with E-state index in [-0.39, 0.29) is 0 Å². The van der Waals surface area contributed by atoms with Crippen molar-refractivity contribution < 1.29 is 0 Å². The summed E-state index contributed by atoms with van der Waals surface area (Å²) < 4.78 is 1.16. The van der Waals surface area contributed by atoms with Crippen molar-refractivity contribution in [2.45, 2.75) is 38.3 Å². The van der Waals surface area contributed by atoms with Crippen LogP contribution in [0.2, 0.25) is 0 Å². The maximum atomic E-state index is 3.81. The summed E-state index contributed by atoms with van der Waals surface area (Å²) in [7, 11) is 0. The fraction of sp³-hybridized carbons (Fsp3) is 0.571. The third-order valence-electron chi connectivity index (χ3n) is 3.28. The Balaban J connectivity index is 1.97. The summed E-state index contributed by atoms with van der Waals surface area (Å²) in [6.07, 6.45) is 3.85. The van der Waals surface area contributed by atoms with Gasteiger partial charge in [0.05, 0.1) is 0 Å². The molecular formula is C14H20BrNS. The van der Waals surface area contributed by atoms with Gasteiger partial charge in [-0.05, 0) is 42.7 Å². The lowest BCUT2D eigenvalue weighted by molar-refractivity contribution is 0.425. The van der Waals surface area contributed by atoms with E-state index < -0.39 is 0 Å². The molecule has 0 amide bonds. The molecule has 1 fully saturated rings. The Bertz CT molecular complexity index is 333. The van der Waals surface area contributed by atoms with Crippen LogP contribution in [-0.4, -0.2) is 17.5 Å². The number of thioether (sulfide) groups is 1. The Kier molecular flexibility index (Phi) is 5.39. The summed E-state index contributed by atoms with van der Waals surface area (Å²) in [5.74, 6) is 2.61. The Labute approximate surface area is 117 Å². The van der Waals surface area contributed by atoms with Crippen LogP contribution in [0.1, 0.15) is 37.8 Å². The van der Waals surface area contributed by atoms with Crippen LogP contribution in [0.15, 0.2) is 28.7 Å². The highest BCUT2D eigenvalue weighted by molar-refractivity contribution is 9.10. The lowest BCUT2D eigenvalue weighted by atomic mass is 10.0. The highest BCUT2D eigenvalue weighted by Crippen LogP contribution is 2.23. The molecular weight excluding hydrogens is 294 g/mol. The first-order valence-corrected chi connectivity index (χ1v) is 8.33. The molecule has 1 saturated heterocycles. The zero-order chi connectivity index (χ0) is 12.1. The lowest BCUT2D eigenvalue weighted by Gasteiger charge is -2.28. The molecule has 1 aromatic carbocycles. The fourth-order valence-electron chi connectivity index (χ4n) is 2.30. The molecule has 2 rings (SSSR count). The van der Waals surface area contributed by atoms with Crippen molar-refractivity contribution in [3.8, 4) is 0 Å². The molecule has 17 heavy (non-hydrogen) atoms. The van der Waals surface area contributed by atoms with E-state index in [1.54, 1.807) is 0 Å². The monoisotopic (exact) mass is 313 g/mol. The molecule has 1 aromatic rings. The van der Waals surface area contributed by atoms with Gasteiger partial charge in [-0.3, -0.25) is 0 Å². The average molecular weight is 314 g/mol. The van der Waals surface area contributed by atoms with Crippen LogP contribution < -0.4 is 5.32 Å². The maximum absolute atomic E-state index is 3.81. The van der Waals surface area contributed by atoms with Crippen molar-refractivity contribution in [2.24, 2.45) is 0 Å². The second kappa shape index (κ2) is 6.81. The third-order valence-corrected chi connectivity index (χ3v) is 5.02. The SMILES string of the molecule is CCC(NC1CCCSC1)c1ccc(Br)cc1. The van der Waals surface area contributed by atoms with Gasteiger partial charge in [-0.25, -0.2) is 0 Å². The quantitative estimate of drug-likeness (QED) is 0.885. The second-order valence-electron chi connectivity index (χ2n) is 4.59. The van der Waals surface area contributed by atoms with Gasteiger partial charge in [0.15, 0.2) is 0 Å². The minimum atomic E-state index is 0.506. The van der Waals surface area contributed by atoms with Crippen molar-refractivity contribution in [2.75, 3.05) is 11.5 Å². The van der Waals surface area contributed by atoms with Crippen molar-refractivity contribution >= 4 is 27.7 Å². The molecule has 1 nitrogen and oxygen atoms in total. The molecule has 2 unspecified atom stereocenters. The van der Waals surface area contributed by atoms with E-state index in [2.05, 4.69) is 64.2 Å². The van der Waals surface area contributed by atoms with Gasteiger partial charge < -0.3 is 5.32 Å². The minimum Gasteiger partial charge on any atom is -0.306 e. The standard InChI is InChI=1S/C14H20BrNS/c1-2-14(11-5-7-12(15)8-6-11)16-13-4-3-9-17-10-13/h5-8,13-14,16H,2-4,9-10H2,1H3. The number of rotatable bonds is 4. The van der Waals surface area contributed by atoms with Crippen molar-refractivity contribution in [3.05, 3.63) is 34.3 Å². The van der Waals surface area contributed by atoms with Crippen LogP contribution in [0.5, 0.6) is 0 Å². The maximum Gasteiger partial charge on any atom is 0.0320 e. The molecule has 0 radical (unpaired) electrons. The number of hydrogen-bond acceptors (Lipinski definition) is 2. The van der Waals surface area contributed by atoms with E-state index in [0.717, 1.165) is 10.9 Å². The molecule has 0 aromatic heterocycles. The first-order valence-electron chi connectivity index (χ1n) is 6.39. The largest absolute Gasteiger partial charge is 0.306 e. The molecule has 2 atom stereocenters. The first kappa shape index (κ1) is 13.4. The van der Waals surface area contributed by atoms with Gasteiger partial charge >= 0.3 is 0 Å². The van der Waals surface area contributed by atoms with Crippen LogP contribution in [0.25, 0.3) is 0 Å². The molecule has 94 valence electrons. The Morgan fingerprint density at radius 2 is 2.18 bits per heavy atom. The number of halogens is 1. The highest BCUT2D eigenvalue weighted by Gasteiger charge is 2.18. The van der Waals surface area contributed by atoms with Gasteiger partial charge in [-0.2, -0.15) is 11.8 Å². The van der Waals surface area contributed by atoms with Crippen LogP contribution >= 0.6 is 27.7 Å². The Morgan fingerprint density at radius 3 is 2.76 bits per heavy atom. The zero-order valence-electron chi connectivity index (χ0n) is 10.3. The van der Waals surface area contributed by atoms with Gasteiger partial charge in [-0.1, -0.05) is 35.0 Å². The fourth-order valence-corrected chi connectivity index (χ4v) is 3.65. The van der Waals surface area contributed by atoms with Crippen LogP contribution in [0, 0.1) is 0 Å². The Morgan fingerprint density at radius 1 is 1.41 bits per heavy atom. The van der Waals surface area contributed by atoms with E-state index in [1.807, 2.05) is 0 Å². The second-order valence-corrected chi connectivity index (χ2v) is 6.66. The van der Waals surface area contributed by atoms with E-state index in [0.29, 0.717) is 12.1 Å². The van der Waals surface area contributed by atoms with E-state index >= 15 is 0 Å². The summed E-state index contributed by atoms with van der Waals surface area (Å²) >= 11 is 5.57. The summed E-state index contributed by atoms with van der Waals surface area (Å²) in [6, 6.07) is 9.92. The van der Waals surface area contributed by atoms with Crippen LogP contribution in [0.4, 0.5) is 0 Å². The highest BCUT2D eigenvalue weighted by atomic mass is 79.9. The first-order chi connectivity index (χ1) is 8.29. The molecule has 1 N–H and O–H groups in total. The molecule has 1 aliphatic heterocycles. The van der Waals surface area contributed by atoms with E-state index in [4.69, 9.17) is 0 Å². The molecule has 0 saturated carbocycles. The van der Waals surface area contributed by atoms with E-state index in [9.17, 15) is 0 Å². The molecule has 0 spiro atoms. The minimum absolute atomic E-state index is 0.506. The number of nitrogens with one attached hydrogen (secondary N) is 1.